The lowest BCUT2D eigenvalue weighted by Gasteiger charge is -2.25. The number of esters is 1. The molecule has 1 aliphatic heterocycles. The molecule has 0 saturated carbocycles. The maximum atomic E-state index is 13.2. The van der Waals surface area contributed by atoms with Gasteiger partial charge >= 0.3 is 5.97 Å². The average molecular weight is 625 g/mol. The molecule has 0 fully saturated rings. The lowest BCUT2D eigenvalue weighted by atomic mass is 9.94. The summed E-state index contributed by atoms with van der Waals surface area (Å²) in [6, 6.07) is 19.6. The van der Waals surface area contributed by atoms with Crippen LogP contribution in [0.25, 0.3) is 16.7 Å². The van der Waals surface area contributed by atoms with E-state index in [1.807, 2.05) is 35.2 Å². The van der Waals surface area contributed by atoms with E-state index in [9.17, 15) is 23.1 Å². The molecule has 3 aromatic rings. The Hall–Kier alpha value is -3.66. The molecule has 0 atom stereocenters. The van der Waals surface area contributed by atoms with Crippen molar-refractivity contribution >= 4 is 38.9 Å². The summed E-state index contributed by atoms with van der Waals surface area (Å²) >= 11 is 6.69. The fraction of sp³-hybridized carbons (Fsp3) is 0.333. The largest absolute Gasteiger partial charge is 0.511 e. The number of carbonyl (C=O) groups excluding carboxylic acids is 2. The summed E-state index contributed by atoms with van der Waals surface area (Å²) in [5.74, 6) is -0.823. The summed E-state index contributed by atoms with van der Waals surface area (Å²) < 4.78 is 29.7. The van der Waals surface area contributed by atoms with Crippen LogP contribution in [0, 0.1) is 6.92 Å². The third-order valence-electron chi connectivity index (χ3n) is 7.46. The summed E-state index contributed by atoms with van der Waals surface area (Å²) in [5.41, 5.74) is 3.38. The normalized spacial score (nSPS) is 17.2. The molecule has 1 aliphatic rings. The molecule has 228 valence electrons. The molecular formula is C33H37ClN2O6S. The molecule has 43 heavy (non-hydrogen) atoms. The molecule has 0 unspecified atom stereocenters. The third-order valence-corrected chi connectivity index (χ3v) is 8.89. The minimum Gasteiger partial charge on any atom is -0.511 e. The van der Waals surface area contributed by atoms with Crippen LogP contribution in [0.15, 0.2) is 77.4 Å². The number of aryl methyl sites for hydroxylation is 1. The first-order chi connectivity index (χ1) is 20.4. The first-order valence-corrected chi connectivity index (χ1v) is 16.4. The van der Waals surface area contributed by atoms with Crippen molar-refractivity contribution in [1.82, 2.24) is 9.80 Å². The zero-order valence-corrected chi connectivity index (χ0v) is 26.2. The lowest BCUT2D eigenvalue weighted by molar-refractivity contribution is -0.136. The maximum absolute atomic E-state index is 13.2. The van der Waals surface area contributed by atoms with Gasteiger partial charge in [-0.05, 0) is 72.8 Å². The van der Waals surface area contributed by atoms with Crippen LogP contribution in [0.4, 0.5) is 0 Å². The molecule has 0 radical (unpaired) electrons. The van der Waals surface area contributed by atoms with E-state index < -0.39 is 15.8 Å². The van der Waals surface area contributed by atoms with Gasteiger partial charge in [0.1, 0.15) is 11.3 Å². The molecule has 0 spiro atoms. The number of halogens is 1. The van der Waals surface area contributed by atoms with Gasteiger partial charge in [-0.3, -0.25) is 9.69 Å². The lowest BCUT2D eigenvalue weighted by Crippen LogP contribution is -2.39. The molecule has 0 aromatic heterocycles. The number of rotatable bonds is 7. The zero-order valence-electron chi connectivity index (χ0n) is 24.7. The Morgan fingerprint density at radius 3 is 2.49 bits per heavy atom. The molecule has 0 aliphatic carbocycles. The fourth-order valence-corrected chi connectivity index (χ4v) is 5.98. The van der Waals surface area contributed by atoms with Crippen LogP contribution in [-0.4, -0.2) is 74.7 Å². The van der Waals surface area contributed by atoms with E-state index in [4.69, 9.17) is 16.3 Å². The molecular weight excluding hydrogens is 588 g/mol. The smallest absolute Gasteiger partial charge is 0.342 e. The Kier molecular flexibility index (Phi) is 10.7. The van der Waals surface area contributed by atoms with Crippen molar-refractivity contribution < 1.29 is 27.9 Å². The van der Waals surface area contributed by atoms with Crippen molar-refractivity contribution in [1.29, 1.82) is 0 Å². The van der Waals surface area contributed by atoms with Crippen LogP contribution >= 0.6 is 11.6 Å². The Labute approximate surface area is 258 Å². The van der Waals surface area contributed by atoms with E-state index >= 15 is 0 Å². The van der Waals surface area contributed by atoms with Gasteiger partial charge in [-0.2, -0.15) is 0 Å². The van der Waals surface area contributed by atoms with Crippen molar-refractivity contribution in [3.05, 3.63) is 94.2 Å². The Morgan fingerprint density at radius 1 is 1.02 bits per heavy atom. The van der Waals surface area contributed by atoms with E-state index in [0.29, 0.717) is 53.3 Å². The molecule has 10 heteroatoms. The van der Waals surface area contributed by atoms with Crippen LogP contribution < -0.4 is 0 Å². The van der Waals surface area contributed by atoms with Gasteiger partial charge in [-0.25, -0.2) is 13.2 Å². The van der Waals surface area contributed by atoms with Crippen LogP contribution in [0.1, 0.15) is 36.0 Å². The molecule has 1 N–H and O–H groups in total. The zero-order chi connectivity index (χ0) is 31.1. The molecule has 1 heterocycles. The number of hydrogen-bond acceptors (Lipinski definition) is 7. The number of benzene rings is 3. The number of aliphatic hydroxyl groups is 1. The van der Waals surface area contributed by atoms with Gasteiger partial charge in [0.25, 0.3) is 0 Å². The number of aliphatic hydroxyl groups excluding tert-OH is 1. The van der Waals surface area contributed by atoms with Gasteiger partial charge in [0, 0.05) is 43.4 Å². The second kappa shape index (κ2) is 14.2. The van der Waals surface area contributed by atoms with Gasteiger partial charge in [-0.1, -0.05) is 54.1 Å². The van der Waals surface area contributed by atoms with Crippen LogP contribution in [0.5, 0.6) is 0 Å². The van der Waals surface area contributed by atoms with Crippen molar-refractivity contribution in [2.75, 3.05) is 39.5 Å². The average Bonchev–Trinajstić information content (AvgIpc) is 2.99. The number of sulfone groups is 1. The van der Waals surface area contributed by atoms with E-state index in [0.717, 1.165) is 18.2 Å². The summed E-state index contributed by atoms with van der Waals surface area (Å²) in [6.07, 6.45) is 2.62. The van der Waals surface area contributed by atoms with Crippen LogP contribution in [0.3, 0.4) is 0 Å². The maximum Gasteiger partial charge on any atom is 0.342 e. The van der Waals surface area contributed by atoms with E-state index in [-0.39, 0.29) is 41.7 Å². The fourth-order valence-electron chi connectivity index (χ4n) is 5.04. The van der Waals surface area contributed by atoms with E-state index in [1.54, 1.807) is 49.2 Å². The third kappa shape index (κ3) is 8.46. The van der Waals surface area contributed by atoms with Crippen molar-refractivity contribution in [2.24, 2.45) is 0 Å². The van der Waals surface area contributed by atoms with Gasteiger partial charge in [0.15, 0.2) is 9.84 Å². The highest BCUT2D eigenvalue weighted by Crippen LogP contribution is 2.35. The Morgan fingerprint density at radius 2 is 1.77 bits per heavy atom. The number of likely N-dealkylation sites (N-methyl/N-ethyl adjacent to an activating group) is 1. The topological polar surface area (TPSA) is 104 Å². The number of ether oxygens (including phenoxy) is 1. The Bertz CT molecular complexity index is 1620. The second-order valence-corrected chi connectivity index (χ2v) is 13.3. The highest BCUT2D eigenvalue weighted by atomic mass is 35.5. The van der Waals surface area contributed by atoms with E-state index in [2.05, 4.69) is 0 Å². The highest BCUT2D eigenvalue weighted by Gasteiger charge is 2.25. The first kappa shape index (κ1) is 32.3. The SMILES string of the molecule is Cc1cc(-c2cccc(S(C)(=O)=O)c2)c(Cl)cc1/C1=C(\O)CCN(CC(=O)N(C)Cc2ccccc2)CCCCOC1=O. The monoisotopic (exact) mass is 624 g/mol. The number of nitrogens with zero attached hydrogens (tertiary/aromatic N) is 2. The highest BCUT2D eigenvalue weighted by molar-refractivity contribution is 7.90. The predicted molar refractivity (Wildman–Crippen MR) is 168 cm³/mol. The number of cyclic esters (lactones) is 1. The van der Waals surface area contributed by atoms with Crippen LogP contribution in [0.2, 0.25) is 5.02 Å². The molecule has 0 saturated heterocycles. The minimum atomic E-state index is -3.42. The Balaban J connectivity index is 1.58. The number of amides is 1. The summed E-state index contributed by atoms with van der Waals surface area (Å²) in [5, 5.41) is 11.5. The van der Waals surface area contributed by atoms with Crippen molar-refractivity contribution in [3.63, 3.8) is 0 Å². The quantitative estimate of drug-likeness (QED) is 0.338. The minimum absolute atomic E-state index is 0.0326. The summed E-state index contributed by atoms with van der Waals surface area (Å²) in [4.78, 5) is 30.1. The van der Waals surface area contributed by atoms with Gasteiger partial charge in [-0.15, -0.1) is 0 Å². The second-order valence-electron chi connectivity index (χ2n) is 10.9. The van der Waals surface area contributed by atoms with Gasteiger partial charge in [0.05, 0.1) is 18.0 Å². The van der Waals surface area contributed by atoms with Crippen molar-refractivity contribution in [3.8, 4) is 11.1 Å². The standard InChI is InChI=1S/C33H37ClN2O6S/c1-23-18-28(25-12-9-13-26(19-25)43(3,40)41)29(34)20-27(23)32-30(37)14-16-36(15-7-8-17-42-33(32)39)22-31(38)35(2)21-24-10-5-4-6-11-24/h4-6,9-13,18-20,37H,7-8,14-17,21-22H2,1-3H3/b32-30+. The molecule has 1 amide bonds. The molecule has 3 aromatic carbocycles. The first-order valence-electron chi connectivity index (χ1n) is 14.1. The van der Waals surface area contributed by atoms with Crippen molar-refractivity contribution in [2.45, 2.75) is 37.6 Å². The number of hydrogen-bond donors (Lipinski definition) is 1. The van der Waals surface area contributed by atoms with Crippen LogP contribution in [-0.2, 0) is 30.7 Å². The molecule has 4 rings (SSSR count). The predicted octanol–water partition coefficient (Wildman–Crippen LogP) is 5.68. The van der Waals surface area contributed by atoms with Gasteiger partial charge in [0.2, 0.25) is 5.91 Å². The molecule has 8 nitrogen and oxygen atoms in total. The molecule has 0 bridgehead atoms. The summed E-state index contributed by atoms with van der Waals surface area (Å²) in [6.45, 7) is 3.65. The summed E-state index contributed by atoms with van der Waals surface area (Å²) in [7, 11) is -1.64. The number of carbonyl (C=O) groups is 2. The van der Waals surface area contributed by atoms with Gasteiger partial charge < -0.3 is 14.7 Å². The van der Waals surface area contributed by atoms with E-state index in [1.165, 1.54) is 6.07 Å².